The second kappa shape index (κ2) is 6.59. The molecule has 100 valence electrons. The number of amides is 1. The molecule has 0 unspecified atom stereocenters. The Kier molecular flexibility index (Phi) is 4.82. The smallest absolute Gasteiger partial charge is 0.230 e. The van der Waals surface area contributed by atoms with E-state index in [0.717, 1.165) is 4.90 Å². The Labute approximate surface area is 117 Å². The summed E-state index contributed by atoms with van der Waals surface area (Å²) in [6, 6.07) is 14.3. The van der Waals surface area contributed by atoms with Crippen molar-refractivity contribution in [2.75, 3.05) is 12.3 Å². The third-order valence-electron chi connectivity index (χ3n) is 2.69. The average Bonchev–Trinajstić information content (AvgIpc) is 2.42. The van der Waals surface area contributed by atoms with Gasteiger partial charge in [0.25, 0.3) is 0 Å². The predicted molar refractivity (Wildman–Crippen MR) is 79.4 cm³/mol. The van der Waals surface area contributed by atoms with E-state index in [1.54, 1.807) is 6.92 Å². The van der Waals surface area contributed by atoms with Crippen molar-refractivity contribution in [2.45, 2.75) is 17.9 Å². The molecule has 0 fully saturated rings. The molecule has 0 radical (unpaired) electrons. The monoisotopic (exact) mass is 275 g/mol. The maximum Gasteiger partial charge on any atom is 0.230 e. The first kappa shape index (κ1) is 13.9. The highest BCUT2D eigenvalue weighted by Crippen LogP contribution is 2.23. The van der Waals surface area contributed by atoms with Crippen LogP contribution < -0.4 is 5.32 Å². The molecule has 4 heteroatoms. The van der Waals surface area contributed by atoms with Gasteiger partial charge in [-0.1, -0.05) is 30.3 Å². The summed E-state index contributed by atoms with van der Waals surface area (Å²) in [7, 11) is 0. The second-order valence-electron chi connectivity index (χ2n) is 4.45. The molecule has 0 saturated heterocycles. The second-order valence-corrected chi connectivity index (χ2v) is 5.50. The molecule has 0 spiro atoms. The highest BCUT2D eigenvalue weighted by molar-refractivity contribution is 8.00. The van der Waals surface area contributed by atoms with Crippen LogP contribution in [0.2, 0.25) is 0 Å². The quantitative estimate of drug-likeness (QED) is 0.824. The van der Waals surface area contributed by atoms with E-state index in [1.165, 1.54) is 22.5 Å². The van der Waals surface area contributed by atoms with Crippen LogP contribution >= 0.6 is 11.8 Å². The molecule has 2 aromatic rings. The van der Waals surface area contributed by atoms with Crippen molar-refractivity contribution < 1.29 is 9.90 Å². The number of rotatable bonds is 5. The number of hydrogen-bond donors (Lipinski definition) is 2. The van der Waals surface area contributed by atoms with Gasteiger partial charge in [0.2, 0.25) is 5.91 Å². The van der Waals surface area contributed by atoms with Crippen LogP contribution in [0.1, 0.15) is 6.92 Å². The number of fused-ring (bicyclic) bond motifs is 1. The molecule has 0 heterocycles. The van der Waals surface area contributed by atoms with E-state index in [4.69, 9.17) is 5.11 Å². The predicted octanol–water partition coefficient (Wildman–Crippen LogP) is 2.43. The molecule has 3 nitrogen and oxygen atoms in total. The summed E-state index contributed by atoms with van der Waals surface area (Å²) in [6.07, 6.45) is -0.505. The Hall–Kier alpha value is -1.52. The lowest BCUT2D eigenvalue weighted by Crippen LogP contribution is -2.31. The molecule has 0 saturated carbocycles. The van der Waals surface area contributed by atoms with Crippen molar-refractivity contribution >= 4 is 28.4 Å². The Balaban J connectivity index is 1.92. The minimum absolute atomic E-state index is 0.0564. The zero-order valence-electron chi connectivity index (χ0n) is 10.8. The highest BCUT2D eigenvalue weighted by atomic mass is 32.2. The lowest BCUT2D eigenvalue weighted by molar-refractivity contribution is -0.118. The van der Waals surface area contributed by atoms with Crippen LogP contribution in [0.15, 0.2) is 47.4 Å². The summed E-state index contributed by atoms with van der Waals surface area (Å²) >= 11 is 1.50. The van der Waals surface area contributed by atoms with E-state index in [0.29, 0.717) is 12.3 Å². The van der Waals surface area contributed by atoms with Gasteiger partial charge in [0.1, 0.15) is 0 Å². The Morgan fingerprint density at radius 1 is 1.26 bits per heavy atom. The molecule has 19 heavy (non-hydrogen) atoms. The van der Waals surface area contributed by atoms with Crippen molar-refractivity contribution in [3.8, 4) is 0 Å². The molecule has 0 aliphatic carbocycles. The average molecular weight is 275 g/mol. The summed E-state index contributed by atoms with van der Waals surface area (Å²) in [5.74, 6) is 0.310. The maximum atomic E-state index is 11.5. The number of aliphatic hydroxyl groups is 1. The molecule has 0 aliphatic rings. The number of nitrogens with one attached hydrogen (secondary N) is 1. The maximum absolute atomic E-state index is 11.5. The summed E-state index contributed by atoms with van der Waals surface area (Å²) in [5.41, 5.74) is 0. The number of hydrogen-bond acceptors (Lipinski definition) is 3. The summed E-state index contributed by atoms with van der Waals surface area (Å²) in [6.45, 7) is 1.95. The fourth-order valence-electron chi connectivity index (χ4n) is 1.72. The molecular formula is C15H17NO2S. The molecule has 2 aromatic carbocycles. The van der Waals surface area contributed by atoms with Crippen LogP contribution in [0.25, 0.3) is 10.8 Å². The van der Waals surface area contributed by atoms with Gasteiger partial charge in [-0.3, -0.25) is 4.79 Å². The number of benzene rings is 2. The Morgan fingerprint density at radius 2 is 2.00 bits per heavy atom. The Bertz CT molecular complexity index is 569. The molecule has 1 atom stereocenters. The molecule has 2 N–H and O–H groups in total. The van der Waals surface area contributed by atoms with Crippen molar-refractivity contribution in [3.05, 3.63) is 42.5 Å². The zero-order valence-corrected chi connectivity index (χ0v) is 11.6. The topological polar surface area (TPSA) is 49.3 Å². The van der Waals surface area contributed by atoms with Crippen molar-refractivity contribution in [2.24, 2.45) is 0 Å². The van der Waals surface area contributed by atoms with Crippen LogP contribution in [0, 0.1) is 0 Å². The molecule has 2 rings (SSSR count). The fraction of sp³-hybridized carbons (Fsp3) is 0.267. The number of carbonyl (C=O) groups is 1. The molecule has 0 bridgehead atoms. The van der Waals surface area contributed by atoms with Gasteiger partial charge >= 0.3 is 0 Å². The van der Waals surface area contributed by atoms with Gasteiger partial charge in [-0.2, -0.15) is 0 Å². The third-order valence-corrected chi connectivity index (χ3v) is 3.68. The lowest BCUT2D eigenvalue weighted by Gasteiger charge is -2.07. The van der Waals surface area contributed by atoms with E-state index in [9.17, 15) is 4.79 Å². The first-order chi connectivity index (χ1) is 9.15. The molecule has 0 aliphatic heterocycles. The van der Waals surface area contributed by atoms with Gasteiger partial charge in [0.15, 0.2) is 0 Å². The number of carbonyl (C=O) groups excluding carboxylic acids is 1. The van der Waals surface area contributed by atoms with E-state index in [-0.39, 0.29) is 5.91 Å². The molecular weight excluding hydrogens is 258 g/mol. The van der Waals surface area contributed by atoms with E-state index in [2.05, 4.69) is 29.6 Å². The standard InChI is InChI=1S/C15H17NO2S/c1-11(17)9-16-15(18)10-19-14-7-6-12-4-2-3-5-13(12)8-14/h2-8,11,17H,9-10H2,1H3,(H,16,18)/t11-/m0/s1. The largest absolute Gasteiger partial charge is 0.392 e. The summed E-state index contributed by atoms with van der Waals surface area (Å²) < 4.78 is 0. The minimum atomic E-state index is -0.505. The van der Waals surface area contributed by atoms with Gasteiger partial charge in [0, 0.05) is 11.4 Å². The van der Waals surface area contributed by atoms with Gasteiger partial charge in [-0.05, 0) is 29.8 Å². The number of thioether (sulfide) groups is 1. The van der Waals surface area contributed by atoms with Crippen LogP contribution in [0.5, 0.6) is 0 Å². The first-order valence-corrected chi connectivity index (χ1v) is 7.20. The summed E-state index contributed by atoms with van der Waals surface area (Å²) in [5, 5.41) is 14.1. The lowest BCUT2D eigenvalue weighted by atomic mass is 10.1. The van der Waals surface area contributed by atoms with Gasteiger partial charge in [-0.15, -0.1) is 11.8 Å². The third kappa shape index (κ3) is 4.26. The fourth-order valence-corrected chi connectivity index (χ4v) is 2.49. The van der Waals surface area contributed by atoms with Crippen molar-refractivity contribution in [3.63, 3.8) is 0 Å². The van der Waals surface area contributed by atoms with Crippen LogP contribution in [-0.4, -0.2) is 29.4 Å². The SMILES string of the molecule is C[C@H](O)CNC(=O)CSc1ccc2ccccc2c1. The molecule has 0 aromatic heterocycles. The van der Waals surface area contributed by atoms with E-state index >= 15 is 0 Å². The van der Waals surface area contributed by atoms with Gasteiger partial charge < -0.3 is 10.4 Å². The normalized spacial score (nSPS) is 12.3. The number of aliphatic hydroxyl groups excluding tert-OH is 1. The summed E-state index contributed by atoms with van der Waals surface area (Å²) in [4.78, 5) is 12.6. The van der Waals surface area contributed by atoms with Gasteiger partial charge in [-0.25, -0.2) is 0 Å². The first-order valence-electron chi connectivity index (χ1n) is 6.21. The van der Waals surface area contributed by atoms with Crippen LogP contribution in [-0.2, 0) is 4.79 Å². The van der Waals surface area contributed by atoms with Crippen LogP contribution in [0.3, 0.4) is 0 Å². The highest BCUT2D eigenvalue weighted by Gasteiger charge is 2.04. The Morgan fingerprint density at radius 3 is 2.74 bits per heavy atom. The minimum Gasteiger partial charge on any atom is -0.392 e. The zero-order chi connectivity index (χ0) is 13.7. The van der Waals surface area contributed by atoms with Crippen molar-refractivity contribution in [1.29, 1.82) is 0 Å². The van der Waals surface area contributed by atoms with Gasteiger partial charge in [0.05, 0.1) is 11.9 Å². The molecule has 1 amide bonds. The van der Waals surface area contributed by atoms with E-state index < -0.39 is 6.10 Å². The van der Waals surface area contributed by atoms with Crippen LogP contribution in [0.4, 0.5) is 0 Å². The van der Waals surface area contributed by atoms with E-state index in [1.807, 2.05) is 18.2 Å². The van der Waals surface area contributed by atoms with Crippen molar-refractivity contribution in [1.82, 2.24) is 5.32 Å².